The summed E-state index contributed by atoms with van der Waals surface area (Å²) in [5.41, 5.74) is 0.884. The van der Waals surface area contributed by atoms with Gasteiger partial charge in [0.25, 0.3) is 0 Å². The summed E-state index contributed by atoms with van der Waals surface area (Å²) in [5, 5.41) is 1.25. The average molecular weight is 307 g/mol. The zero-order valence-corrected chi connectivity index (χ0v) is 12.8. The summed E-state index contributed by atoms with van der Waals surface area (Å²) in [6.45, 7) is 5.76. The summed E-state index contributed by atoms with van der Waals surface area (Å²) in [5.74, 6) is 0. The van der Waals surface area contributed by atoms with E-state index in [1.54, 1.807) is 6.08 Å². The van der Waals surface area contributed by atoms with Gasteiger partial charge in [-0.25, -0.2) is 13.1 Å². The highest BCUT2D eigenvalue weighted by Gasteiger charge is 2.31. The molecule has 3 saturated heterocycles. The van der Waals surface area contributed by atoms with E-state index >= 15 is 0 Å². The zero-order chi connectivity index (χ0) is 14.7. The first-order valence-corrected chi connectivity index (χ1v) is 8.86. The van der Waals surface area contributed by atoms with Crippen LogP contribution in [-0.2, 0) is 10.0 Å². The van der Waals surface area contributed by atoms with Crippen LogP contribution in [0.1, 0.15) is 5.56 Å². The number of nitrogens with zero attached hydrogens (tertiary/aromatic N) is 2. The molecule has 5 nitrogen and oxygen atoms in total. The number of rotatable bonds is 5. The minimum Gasteiger partial charge on any atom is -0.299 e. The van der Waals surface area contributed by atoms with Crippen molar-refractivity contribution in [3.8, 4) is 0 Å². The van der Waals surface area contributed by atoms with Gasteiger partial charge in [-0.1, -0.05) is 30.3 Å². The van der Waals surface area contributed by atoms with Crippen molar-refractivity contribution in [2.45, 2.75) is 6.04 Å². The van der Waals surface area contributed by atoms with Gasteiger partial charge in [-0.3, -0.25) is 9.80 Å². The minimum atomic E-state index is -3.37. The van der Waals surface area contributed by atoms with Crippen LogP contribution in [0.15, 0.2) is 35.7 Å². The van der Waals surface area contributed by atoms with Crippen molar-refractivity contribution in [3.05, 3.63) is 41.3 Å². The van der Waals surface area contributed by atoms with Crippen LogP contribution in [0.2, 0.25) is 0 Å². The zero-order valence-electron chi connectivity index (χ0n) is 12.0. The van der Waals surface area contributed by atoms with Crippen LogP contribution in [0, 0.1) is 0 Å². The summed E-state index contributed by atoms with van der Waals surface area (Å²) in [7, 11) is -3.37. The van der Waals surface area contributed by atoms with Crippen molar-refractivity contribution in [2.75, 3.05) is 39.3 Å². The van der Waals surface area contributed by atoms with Gasteiger partial charge in [-0.15, -0.1) is 0 Å². The molecule has 114 valence electrons. The topological polar surface area (TPSA) is 52.7 Å². The third-order valence-electron chi connectivity index (χ3n) is 4.15. The molecule has 0 aliphatic carbocycles. The van der Waals surface area contributed by atoms with E-state index in [0.717, 1.165) is 38.3 Å². The van der Waals surface area contributed by atoms with Crippen molar-refractivity contribution in [3.63, 3.8) is 0 Å². The largest absolute Gasteiger partial charge is 0.299 e. The van der Waals surface area contributed by atoms with E-state index in [9.17, 15) is 8.42 Å². The molecule has 2 bridgehead atoms. The van der Waals surface area contributed by atoms with Crippen molar-refractivity contribution in [2.24, 2.45) is 0 Å². The second kappa shape index (κ2) is 6.27. The Morgan fingerprint density at radius 1 is 1.14 bits per heavy atom. The minimum absolute atomic E-state index is 0.299. The summed E-state index contributed by atoms with van der Waals surface area (Å²) in [4.78, 5) is 4.78. The Bertz CT molecular complexity index is 593. The number of fused-ring (bicyclic) bond motifs is 3. The predicted octanol–water partition coefficient (Wildman–Crippen LogP) is 0.577. The number of benzene rings is 1. The third kappa shape index (κ3) is 3.91. The van der Waals surface area contributed by atoms with E-state index in [0.29, 0.717) is 12.6 Å². The van der Waals surface area contributed by atoms with Gasteiger partial charge in [0, 0.05) is 50.7 Å². The lowest BCUT2D eigenvalue weighted by Gasteiger charge is -2.47. The lowest BCUT2D eigenvalue weighted by atomic mass is 10.1. The number of piperazine rings is 3. The summed E-state index contributed by atoms with van der Waals surface area (Å²) in [6.07, 6.45) is 1.62. The molecule has 1 unspecified atom stereocenters. The highest BCUT2D eigenvalue weighted by atomic mass is 32.2. The van der Waals surface area contributed by atoms with Gasteiger partial charge in [-0.05, 0) is 11.6 Å². The molecule has 21 heavy (non-hydrogen) atoms. The van der Waals surface area contributed by atoms with Gasteiger partial charge >= 0.3 is 0 Å². The van der Waals surface area contributed by atoms with Crippen molar-refractivity contribution < 1.29 is 8.42 Å². The molecule has 3 aliphatic heterocycles. The Labute approximate surface area is 126 Å². The van der Waals surface area contributed by atoms with Crippen LogP contribution in [0.25, 0.3) is 6.08 Å². The lowest BCUT2D eigenvalue weighted by Crippen LogP contribution is -2.63. The second-order valence-corrected chi connectivity index (χ2v) is 7.25. The molecule has 0 spiro atoms. The fourth-order valence-corrected chi connectivity index (χ4v) is 3.77. The average Bonchev–Trinajstić information content (AvgIpc) is 2.53. The van der Waals surface area contributed by atoms with E-state index in [-0.39, 0.29) is 0 Å². The Kier molecular flexibility index (Phi) is 4.40. The van der Waals surface area contributed by atoms with Crippen LogP contribution in [0.3, 0.4) is 0 Å². The van der Waals surface area contributed by atoms with Gasteiger partial charge in [0.2, 0.25) is 10.0 Å². The van der Waals surface area contributed by atoms with Crippen molar-refractivity contribution in [1.29, 1.82) is 0 Å². The maximum atomic E-state index is 12.0. The third-order valence-corrected chi connectivity index (χ3v) is 5.22. The van der Waals surface area contributed by atoms with E-state index in [1.807, 2.05) is 30.3 Å². The molecule has 0 amide bonds. The number of nitrogens with one attached hydrogen (secondary N) is 1. The SMILES string of the molecule is O=S(=O)(/C=C/c1ccccc1)NCC1CN2CCN1CC2. The Morgan fingerprint density at radius 3 is 2.48 bits per heavy atom. The fraction of sp³-hybridized carbons (Fsp3) is 0.467. The maximum absolute atomic E-state index is 12.0. The Balaban J connectivity index is 1.55. The summed E-state index contributed by atoms with van der Waals surface area (Å²) in [6, 6.07) is 9.75. The van der Waals surface area contributed by atoms with Crippen LogP contribution in [0.4, 0.5) is 0 Å². The molecule has 6 heteroatoms. The monoisotopic (exact) mass is 307 g/mol. The summed E-state index contributed by atoms with van der Waals surface area (Å²) >= 11 is 0. The van der Waals surface area contributed by atoms with Gasteiger partial charge in [-0.2, -0.15) is 0 Å². The highest BCUT2D eigenvalue weighted by molar-refractivity contribution is 7.92. The first-order valence-electron chi connectivity index (χ1n) is 7.32. The number of hydrogen-bond donors (Lipinski definition) is 1. The molecule has 1 aromatic rings. The molecule has 4 rings (SSSR count). The first kappa shape index (κ1) is 14.7. The number of hydrogen-bond acceptors (Lipinski definition) is 4. The molecule has 3 aliphatic rings. The molecule has 0 saturated carbocycles. The quantitative estimate of drug-likeness (QED) is 0.864. The van der Waals surface area contributed by atoms with Crippen LogP contribution in [-0.4, -0.2) is 63.5 Å². The van der Waals surface area contributed by atoms with Gasteiger partial charge in [0.15, 0.2) is 0 Å². The van der Waals surface area contributed by atoms with Gasteiger partial charge < -0.3 is 0 Å². The number of sulfonamides is 1. The first-order chi connectivity index (χ1) is 10.1. The molecule has 3 fully saturated rings. The lowest BCUT2D eigenvalue weighted by molar-refractivity contribution is 0.0158. The molecule has 1 aromatic carbocycles. The molecule has 0 aromatic heterocycles. The fourth-order valence-electron chi connectivity index (χ4n) is 2.91. The molecule has 0 radical (unpaired) electrons. The molecule has 1 N–H and O–H groups in total. The smallest absolute Gasteiger partial charge is 0.233 e. The van der Waals surface area contributed by atoms with Crippen LogP contribution >= 0.6 is 0 Å². The van der Waals surface area contributed by atoms with Crippen LogP contribution in [0.5, 0.6) is 0 Å². The summed E-state index contributed by atoms with van der Waals surface area (Å²) < 4.78 is 26.7. The molecule has 1 atom stereocenters. The van der Waals surface area contributed by atoms with E-state index in [4.69, 9.17) is 0 Å². The molecular formula is C15H21N3O2S. The molecular weight excluding hydrogens is 286 g/mol. The van der Waals surface area contributed by atoms with E-state index in [2.05, 4.69) is 14.5 Å². The van der Waals surface area contributed by atoms with Gasteiger partial charge in [0.1, 0.15) is 0 Å². The van der Waals surface area contributed by atoms with E-state index in [1.165, 1.54) is 5.41 Å². The standard InChI is InChI=1S/C15H21N3O2S/c19-21(20,11-6-14-4-2-1-3-5-14)16-12-15-13-17-7-9-18(15)10-8-17/h1-6,11,15-16H,7-10,12-13H2/b11-6+. The predicted molar refractivity (Wildman–Crippen MR) is 84.2 cm³/mol. The Morgan fingerprint density at radius 2 is 1.86 bits per heavy atom. The Hall–Kier alpha value is -1.21. The maximum Gasteiger partial charge on any atom is 0.233 e. The van der Waals surface area contributed by atoms with Crippen molar-refractivity contribution >= 4 is 16.1 Å². The van der Waals surface area contributed by atoms with E-state index < -0.39 is 10.0 Å². The second-order valence-electron chi connectivity index (χ2n) is 5.60. The molecule has 3 heterocycles. The normalized spacial score (nSPS) is 29.0. The van der Waals surface area contributed by atoms with Crippen LogP contribution < -0.4 is 4.72 Å². The highest BCUT2D eigenvalue weighted by Crippen LogP contribution is 2.15. The van der Waals surface area contributed by atoms with Gasteiger partial charge in [0.05, 0.1) is 0 Å². The van der Waals surface area contributed by atoms with Crippen molar-refractivity contribution in [1.82, 2.24) is 14.5 Å².